The van der Waals surface area contributed by atoms with Gasteiger partial charge in [-0.1, -0.05) is 6.42 Å². The summed E-state index contributed by atoms with van der Waals surface area (Å²) in [5.41, 5.74) is 8.69. The van der Waals surface area contributed by atoms with Gasteiger partial charge in [0.1, 0.15) is 12.1 Å². The van der Waals surface area contributed by atoms with E-state index in [-0.39, 0.29) is 0 Å². The standard InChI is InChI=1S/C16H26N4/c1-12-6-5-7-13(10-17)20(12)16-14-8-3-2-4-9-15(14)18-11-19-16/h11-13H,2-10,17H2,1H3. The molecule has 1 fully saturated rings. The molecule has 4 nitrogen and oxygen atoms in total. The molecule has 2 heterocycles. The van der Waals surface area contributed by atoms with Gasteiger partial charge in [-0.25, -0.2) is 9.97 Å². The van der Waals surface area contributed by atoms with Crippen molar-refractivity contribution in [2.45, 2.75) is 70.4 Å². The van der Waals surface area contributed by atoms with Crippen molar-refractivity contribution >= 4 is 5.82 Å². The van der Waals surface area contributed by atoms with Gasteiger partial charge in [-0.3, -0.25) is 0 Å². The number of nitrogens with zero attached hydrogens (tertiary/aromatic N) is 3. The van der Waals surface area contributed by atoms with Crippen LogP contribution in [-0.4, -0.2) is 28.6 Å². The summed E-state index contributed by atoms with van der Waals surface area (Å²) in [6, 6.07) is 0.987. The molecule has 0 bridgehead atoms. The molecule has 2 N–H and O–H groups in total. The van der Waals surface area contributed by atoms with Crippen molar-refractivity contribution in [3.05, 3.63) is 17.6 Å². The second-order valence-electron chi connectivity index (χ2n) is 6.26. The molecular weight excluding hydrogens is 248 g/mol. The minimum Gasteiger partial charge on any atom is -0.349 e. The molecule has 0 radical (unpaired) electrons. The van der Waals surface area contributed by atoms with Crippen LogP contribution in [0.3, 0.4) is 0 Å². The van der Waals surface area contributed by atoms with Crippen LogP contribution in [0.2, 0.25) is 0 Å². The van der Waals surface area contributed by atoms with E-state index in [1.54, 1.807) is 6.33 Å². The van der Waals surface area contributed by atoms with E-state index >= 15 is 0 Å². The Morgan fingerprint density at radius 1 is 1.15 bits per heavy atom. The topological polar surface area (TPSA) is 55.0 Å². The lowest BCUT2D eigenvalue weighted by atomic mass is 9.95. The Labute approximate surface area is 121 Å². The van der Waals surface area contributed by atoms with E-state index in [2.05, 4.69) is 21.8 Å². The van der Waals surface area contributed by atoms with Crippen LogP contribution < -0.4 is 10.6 Å². The first-order valence-electron chi connectivity index (χ1n) is 8.12. The first-order chi connectivity index (χ1) is 9.81. The van der Waals surface area contributed by atoms with Gasteiger partial charge in [-0.2, -0.15) is 0 Å². The van der Waals surface area contributed by atoms with Crippen LogP contribution in [0, 0.1) is 0 Å². The van der Waals surface area contributed by atoms with Gasteiger partial charge in [-0.15, -0.1) is 0 Å². The normalized spacial score (nSPS) is 27.0. The highest BCUT2D eigenvalue weighted by atomic mass is 15.3. The Bertz CT molecular complexity index is 460. The summed E-state index contributed by atoms with van der Waals surface area (Å²) in [5.74, 6) is 1.18. The predicted octanol–water partition coefficient (Wildman–Crippen LogP) is 2.45. The van der Waals surface area contributed by atoms with Crippen LogP contribution >= 0.6 is 0 Å². The van der Waals surface area contributed by atoms with Gasteiger partial charge in [0, 0.05) is 29.9 Å². The molecule has 0 saturated carbocycles. The summed E-state index contributed by atoms with van der Waals surface area (Å²) in [6.45, 7) is 3.04. The Morgan fingerprint density at radius 3 is 2.85 bits per heavy atom. The molecule has 20 heavy (non-hydrogen) atoms. The fraction of sp³-hybridized carbons (Fsp3) is 0.750. The maximum atomic E-state index is 6.02. The number of rotatable bonds is 2. The molecule has 3 rings (SSSR count). The van der Waals surface area contributed by atoms with Crippen LogP contribution in [0.15, 0.2) is 6.33 Å². The average molecular weight is 274 g/mol. The van der Waals surface area contributed by atoms with Gasteiger partial charge in [-0.05, 0) is 51.9 Å². The van der Waals surface area contributed by atoms with Crippen molar-refractivity contribution in [3.63, 3.8) is 0 Å². The first-order valence-corrected chi connectivity index (χ1v) is 8.12. The van der Waals surface area contributed by atoms with E-state index < -0.39 is 0 Å². The molecule has 1 aromatic rings. The monoisotopic (exact) mass is 274 g/mol. The Balaban J connectivity index is 1.99. The van der Waals surface area contributed by atoms with Gasteiger partial charge < -0.3 is 10.6 Å². The third-order valence-electron chi connectivity index (χ3n) is 4.90. The maximum absolute atomic E-state index is 6.02. The number of nitrogens with two attached hydrogens (primary N) is 1. The summed E-state index contributed by atoms with van der Waals surface area (Å²) in [6.07, 6.45) is 11.6. The number of anilines is 1. The quantitative estimate of drug-likeness (QED) is 0.842. The Morgan fingerprint density at radius 2 is 2.00 bits per heavy atom. The number of aromatic nitrogens is 2. The lowest BCUT2D eigenvalue weighted by Gasteiger charge is -2.42. The average Bonchev–Trinajstić information content (AvgIpc) is 2.72. The summed E-state index contributed by atoms with van der Waals surface area (Å²) < 4.78 is 0. The van der Waals surface area contributed by atoms with Crippen LogP contribution in [0.4, 0.5) is 5.82 Å². The molecule has 0 amide bonds. The molecule has 2 unspecified atom stereocenters. The van der Waals surface area contributed by atoms with Crippen LogP contribution in [0.5, 0.6) is 0 Å². The Hall–Kier alpha value is -1.16. The third kappa shape index (κ3) is 2.53. The largest absolute Gasteiger partial charge is 0.349 e. The van der Waals surface area contributed by atoms with Gasteiger partial charge in [0.2, 0.25) is 0 Å². The highest BCUT2D eigenvalue weighted by Crippen LogP contribution is 2.33. The van der Waals surface area contributed by atoms with E-state index in [0.29, 0.717) is 12.1 Å². The fourth-order valence-electron chi connectivity index (χ4n) is 3.80. The molecule has 1 aliphatic heterocycles. The van der Waals surface area contributed by atoms with E-state index in [4.69, 9.17) is 5.73 Å². The molecule has 110 valence electrons. The highest BCUT2D eigenvalue weighted by molar-refractivity contribution is 5.51. The van der Waals surface area contributed by atoms with E-state index in [0.717, 1.165) is 19.4 Å². The van der Waals surface area contributed by atoms with Gasteiger partial charge in [0.15, 0.2) is 0 Å². The number of hydrogen-bond donors (Lipinski definition) is 1. The van der Waals surface area contributed by atoms with Crippen molar-refractivity contribution in [2.75, 3.05) is 11.4 Å². The van der Waals surface area contributed by atoms with Gasteiger partial charge >= 0.3 is 0 Å². The van der Waals surface area contributed by atoms with Crippen molar-refractivity contribution in [1.82, 2.24) is 9.97 Å². The molecule has 1 aliphatic carbocycles. The first kappa shape index (κ1) is 13.8. The summed E-state index contributed by atoms with van der Waals surface area (Å²) in [7, 11) is 0. The van der Waals surface area contributed by atoms with E-state index in [1.807, 2.05) is 0 Å². The zero-order chi connectivity index (χ0) is 13.9. The maximum Gasteiger partial charge on any atom is 0.135 e. The smallest absolute Gasteiger partial charge is 0.135 e. The predicted molar refractivity (Wildman–Crippen MR) is 81.9 cm³/mol. The summed E-state index contributed by atoms with van der Waals surface area (Å²) in [5, 5.41) is 0. The Kier molecular flexibility index (Phi) is 4.20. The minimum absolute atomic E-state index is 0.445. The summed E-state index contributed by atoms with van der Waals surface area (Å²) >= 11 is 0. The molecule has 4 heteroatoms. The van der Waals surface area contributed by atoms with Crippen LogP contribution in [0.1, 0.15) is 56.7 Å². The van der Waals surface area contributed by atoms with Gasteiger partial charge in [0.25, 0.3) is 0 Å². The number of piperidine rings is 1. The second-order valence-corrected chi connectivity index (χ2v) is 6.26. The second kappa shape index (κ2) is 6.08. The molecular formula is C16H26N4. The van der Waals surface area contributed by atoms with Crippen molar-refractivity contribution in [3.8, 4) is 0 Å². The highest BCUT2D eigenvalue weighted by Gasteiger charge is 2.30. The van der Waals surface area contributed by atoms with Crippen LogP contribution in [0.25, 0.3) is 0 Å². The van der Waals surface area contributed by atoms with E-state index in [1.165, 1.54) is 55.6 Å². The number of fused-ring (bicyclic) bond motifs is 1. The summed E-state index contributed by atoms with van der Waals surface area (Å²) in [4.78, 5) is 11.7. The van der Waals surface area contributed by atoms with Crippen molar-refractivity contribution in [1.29, 1.82) is 0 Å². The molecule has 2 atom stereocenters. The lowest BCUT2D eigenvalue weighted by Crippen LogP contribution is -2.50. The van der Waals surface area contributed by atoms with Crippen molar-refractivity contribution < 1.29 is 0 Å². The molecule has 0 spiro atoms. The molecule has 1 saturated heterocycles. The molecule has 1 aromatic heterocycles. The number of aryl methyl sites for hydroxylation is 1. The van der Waals surface area contributed by atoms with Crippen molar-refractivity contribution in [2.24, 2.45) is 5.73 Å². The lowest BCUT2D eigenvalue weighted by molar-refractivity contribution is 0.396. The van der Waals surface area contributed by atoms with Gasteiger partial charge in [0.05, 0.1) is 0 Å². The molecule has 0 aromatic carbocycles. The van der Waals surface area contributed by atoms with E-state index in [9.17, 15) is 0 Å². The number of hydrogen-bond acceptors (Lipinski definition) is 4. The molecule has 2 aliphatic rings. The fourth-order valence-corrected chi connectivity index (χ4v) is 3.80. The zero-order valence-electron chi connectivity index (χ0n) is 12.5. The SMILES string of the molecule is CC1CCCC(CN)N1c1ncnc2c1CCCCC2. The third-order valence-corrected chi connectivity index (χ3v) is 4.90. The zero-order valence-corrected chi connectivity index (χ0v) is 12.5. The minimum atomic E-state index is 0.445. The van der Waals surface area contributed by atoms with Crippen LogP contribution in [-0.2, 0) is 12.8 Å².